The Morgan fingerprint density at radius 3 is 2.43 bits per heavy atom. The molecule has 164 valence electrons. The largest absolute Gasteiger partial charge is 0.433 e. The molecule has 1 heterocycles. The van der Waals surface area contributed by atoms with E-state index in [0.29, 0.717) is 12.1 Å². The Hall–Kier alpha value is -2.13. The number of amides is 1. The van der Waals surface area contributed by atoms with Crippen LogP contribution in [0.25, 0.3) is 11.3 Å². The first-order valence-electron chi connectivity index (χ1n) is 9.93. The van der Waals surface area contributed by atoms with Crippen molar-refractivity contribution in [2.45, 2.75) is 43.8 Å². The van der Waals surface area contributed by atoms with Crippen molar-refractivity contribution in [1.29, 1.82) is 0 Å². The number of alkyl halides is 3. The van der Waals surface area contributed by atoms with Gasteiger partial charge in [-0.2, -0.15) is 13.2 Å². The molecule has 0 aliphatic carbocycles. The summed E-state index contributed by atoms with van der Waals surface area (Å²) in [6, 6.07) is 9.53. The number of nitrogens with one attached hydrogen (secondary N) is 1. The van der Waals surface area contributed by atoms with Gasteiger partial charge in [-0.05, 0) is 39.0 Å². The number of nitrogens with zero attached hydrogens (tertiary/aromatic N) is 3. The fourth-order valence-electron chi connectivity index (χ4n) is 2.79. The topological polar surface area (TPSA) is 58.1 Å². The minimum absolute atomic E-state index is 0.0746. The monoisotopic (exact) mass is 440 g/mol. The van der Waals surface area contributed by atoms with E-state index in [1.807, 2.05) is 0 Å². The molecule has 1 aromatic carbocycles. The third kappa shape index (κ3) is 7.28. The molecule has 0 radical (unpaired) electrons. The zero-order valence-corrected chi connectivity index (χ0v) is 18.2. The van der Waals surface area contributed by atoms with Crippen molar-refractivity contribution >= 4 is 17.7 Å². The lowest BCUT2D eigenvalue weighted by Crippen LogP contribution is -2.34. The molecule has 0 spiro atoms. The minimum atomic E-state index is -4.60. The van der Waals surface area contributed by atoms with E-state index in [1.54, 1.807) is 37.3 Å². The first kappa shape index (κ1) is 24.1. The lowest BCUT2D eigenvalue weighted by Gasteiger charge is -2.18. The van der Waals surface area contributed by atoms with Crippen LogP contribution in [0.4, 0.5) is 13.2 Å². The first-order valence-corrected chi connectivity index (χ1v) is 10.8. The fraction of sp³-hybridized carbons (Fsp3) is 0.476. The van der Waals surface area contributed by atoms with Gasteiger partial charge in [0.25, 0.3) is 0 Å². The molecule has 0 fully saturated rings. The molecule has 1 amide bonds. The Morgan fingerprint density at radius 2 is 1.83 bits per heavy atom. The summed E-state index contributed by atoms with van der Waals surface area (Å²) in [7, 11) is 0. The third-order valence-electron chi connectivity index (χ3n) is 4.56. The summed E-state index contributed by atoms with van der Waals surface area (Å²) in [6.07, 6.45) is -3.79. The second kappa shape index (κ2) is 11.3. The smallest absolute Gasteiger partial charge is 0.355 e. The molecule has 0 saturated carbocycles. The highest BCUT2D eigenvalue weighted by molar-refractivity contribution is 8.00. The summed E-state index contributed by atoms with van der Waals surface area (Å²) in [5.74, 6) is -0.248. The second-order valence-electron chi connectivity index (χ2n) is 6.72. The lowest BCUT2D eigenvalue weighted by molar-refractivity contribution is -0.141. The number of halogens is 3. The zero-order chi connectivity index (χ0) is 22.1. The van der Waals surface area contributed by atoms with Crippen molar-refractivity contribution in [3.63, 3.8) is 0 Å². The molecule has 1 N–H and O–H groups in total. The van der Waals surface area contributed by atoms with Crippen LogP contribution in [0.3, 0.4) is 0 Å². The molecule has 0 bridgehead atoms. The molecular formula is C21H27F3N4OS. The minimum Gasteiger partial charge on any atom is -0.355 e. The van der Waals surface area contributed by atoms with Gasteiger partial charge in [-0.25, -0.2) is 9.97 Å². The summed E-state index contributed by atoms with van der Waals surface area (Å²) in [5, 5.41) is 2.14. The quantitative estimate of drug-likeness (QED) is 0.335. The average molecular weight is 441 g/mol. The van der Waals surface area contributed by atoms with Crippen molar-refractivity contribution in [2.24, 2.45) is 0 Å². The van der Waals surface area contributed by atoms with Gasteiger partial charge in [0.05, 0.1) is 10.9 Å². The zero-order valence-electron chi connectivity index (χ0n) is 17.4. The Morgan fingerprint density at radius 1 is 1.17 bits per heavy atom. The van der Waals surface area contributed by atoms with E-state index < -0.39 is 17.1 Å². The summed E-state index contributed by atoms with van der Waals surface area (Å²) < 4.78 is 39.9. The van der Waals surface area contributed by atoms with Gasteiger partial charge < -0.3 is 10.2 Å². The molecule has 0 saturated heterocycles. The van der Waals surface area contributed by atoms with E-state index in [4.69, 9.17) is 0 Å². The van der Waals surface area contributed by atoms with Gasteiger partial charge in [-0.15, -0.1) is 0 Å². The number of benzene rings is 1. The van der Waals surface area contributed by atoms with Gasteiger partial charge in [-0.1, -0.05) is 55.9 Å². The predicted molar refractivity (Wildman–Crippen MR) is 113 cm³/mol. The second-order valence-corrected chi connectivity index (χ2v) is 8.02. The fourth-order valence-corrected chi connectivity index (χ4v) is 3.60. The average Bonchev–Trinajstić information content (AvgIpc) is 2.73. The molecule has 30 heavy (non-hydrogen) atoms. The van der Waals surface area contributed by atoms with Crippen LogP contribution in [0.2, 0.25) is 0 Å². The molecular weight excluding hydrogens is 413 g/mol. The maximum Gasteiger partial charge on any atom is 0.433 e. The van der Waals surface area contributed by atoms with Crippen LogP contribution >= 0.6 is 11.8 Å². The Bertz CT molecular complexity index is 814. The van der Waals surface area contributed by atoms with Gasteiger partial charge in [0.2, 0.25) is 5.91 Å². The summed E-state index contributed by atoms with van der Waals surface area (Å²) in [6.45, 7) is 9.10. The standard InChI is InChI=1S/C21H27F3N4OS/c1-4-28(5-2)13-9-12-25-19(29)15(3)30-20-26-17(16-10-7-6-8-11-16)14-18(27-20)21(22,23)24/h6-8,10-11,14-15H,4-5,9,12-13H2,1-3H3,(H,25,29)/t15-/m0/s1. The molecule has 2 rings (SSSR count). The van der Waals surface area contributed by atoms with Crippen LogP contribution in [0, 0.1) is 0 Å². The number of carbonyl (C=O) groups is 1. The molecule has 0 unspecified atom stereocenters. The van der Waals surface area contributed by atoms with Crippen LogP contribution < -0.4 is 5.32 Å². The van der Waals surface area contributed by atoms with Gasteiger partial charge in [0.1, 0.15) is 5.69 Å². The van der Waals surface area contributed by atoms with Gasteiger partial charge in [0, 0.05) is 12.1 Å². The van der Waals surface area contributed by atoms with E-state index >= 15 is 0 Å². The summed E-state index contributed by atoms with van der Waals surface area (Å²) >= 11 is 0.919. The number of thioether (sulfide) groups is 1. The molecule has 0 aliphatic rings. The molecule has 1 atom stereocenters. The van der Waals surface area contributed by atoms with Crippen LogP contribution in [-0.4, -0.2) is 52.2 Å². The molecule has 0 aliphatic heterocycles. The van der Waals surface area contributed by atoms with E-state index in [1.165, 1.54) is 0 Å². The number of hydrogen-bond acceptors (Lipinski definition) is 5. The van der Waals surface area contributed by atoms with Crippen LogP contribution in [0.1, 0.15) is 32.9 Å². The van der Waals surface area contributed by atoms with Gasteiger partial charge in [0.15, 0.2) is 5.16 Å². The highest BCUT2D eigenvalue weighted by Gasteiger charge is 2.34. The van der Waals surface area contributed by atoms with E-state index in [2.05, 4.69) is 34.0 Å². The maximum atomic E-state index is 13.3. The molecule has 1 aromatic heterocycles. The van der Waals surface area contributed by atoms with Crippen LogP contribution in [-0.2, 0) is 11.0 Å². The molecule has 2 aromatic rings. The number of rotatable bonds is 10. The van der Waals surface area contributed by atoms with E-state index in [9.17, 15) is 18.0 Å². The normalized spacial score (nSPS) is 12.8. The van der Waals surface area contributed by atoms with E-state index in [-0.39, 0.29) is 16.8 Å². The SMILES string of the molecule is CCN(CC)CCCNC(=O)[C@H](C)Sc1nc(-c2ccccc2)cc(C(F)(F)F)n1. The highest BCUT2D eigenvalue weighted by Crippen LogP contribution is 2.32. The van der Waals surface area contributed by atoms with Crippen molar-refractivity contribution in [3.8, 4) is 11.3 Å². The number of carbonyl (C=O) groups excluding carboxylic acids is 1. The summed E-state index contributed by atoms with van der Waals surface area (Å²) in [5.41, 5.74) is -0.293. The third-order valence-corrected chi connectivity index (χ3v) is 5.52. The Labute approximate surface area is 179 Å². The summed E-state index contributed by atoms with van der Waals surface area (Å²) in [4.78, 5) is 22.5. The van der Waals surface area contributed by atoms with E-state index in [0.717, 1.165) is 43.9 Å². The van der Waals surface area contributed by atoms with Crippen LogP contribution in [0.5, 0.6) is 0 Å². The van der Waals surface area contributed by atoms with Crippen molar-refractivity contribution < 1.29 is 18.0 Å². The number of aromatic nitrogens is 2. The number of hydrogen-bond donors (Lipinski definition) is 1. The predicted octanol–water partition coefficient (Wildman–Crippen LogP) is 4.49. The van der Waals surface area contributed by atoms with Crippen molar-refractivity contribution in [3.05, 3.63) is 42.1 Å². The molecule has 5 nitrogen and oxygen atoms in total. The van der Waals surface area contributed by atoms with Crippen LogP contribution in [0.15, 0.2) is 41.6 Å². The van der Waals surface area contributed by atoms with Crippen molar-refractivity contribution in [1.82, 2.24) is 20.2 Å². The lowest BCUT2D eigenvalue weighted by atomic mass is 10.1. The Balaban J connectivity index is 2.06. The first-order chi connectivity index (χ1) is 14.2. The van der Waals surface area contributed by atoms with Crippen molar-refractivity contribution in [2.75, 3.05) is 26.2 Å². The van der Waals surface area contributed by atoms with Gasteiger partial charge >= 0.3 is 6.18 Å². The maximum absolute atomic E-state index is 13.3. The highest BCUT2D eigenvalue weighted by atomic mass is 32.2. The molecule has 9 heteroatoms. The Kier molecular flexibility index (Phi) is 9.10. The van der Waals surface area contributed by atoms with Gasteiger partial charge in [-0.3, -0.25) is 4.79 Å².